The van der Waals surface area contributed by atoms with Gasteiger partial charge in [-0.3, -0.25) is 0 Å². The van der Waals surface area contributed by atoms with E-state index >= 15 is 0 Å². The fourth-order valence-electron chi connectivity index (χ4n) is 5.13. The minimum Gasteiger partial charge on any atom is -0.478 e. The quantitative estimate of drug-likeness (QED) is 0.569. The number of alkyl halides is 1. The molecule has 11 heteroatoms. The largest absolute Gasteiger partial charge is 0.478 e. The summed E-state index contributed by atoms with van der Waals surface area (Å²) < 4.78 is 45.4. The lowest BCUT2D eigenvalue weighted by Gasteiger charge is -2.39. The van der Waals surface area contributed by atoms with Crippen molar-refractivity contribution < 1.29 is 17.5 Å². The van der Waals surface area contributed by atoms with E-state index in [-0.39, 0.29) is 12.0 Å². The summed E-state index contributed by atoms with van der Waals surface area (Å²) in [7, 11) is -3.20. The van der Waals surface area contributed by atoms with Gasteiger partial charge in [0.2, 0.25) is 15.9 Å². The molecule has 9 nitrogen and oxygen atoms in total. The summed E-state index contributed by atoms with van der Waals surface area (Å²) in [6, 6.07) is 3.46. The molecular weight excluding hydrogens is 459 g/mol. The fourth-order valence-corrected chi connectivity index (χ4v) is 6.01. The van der Waals surface area contributed by atoms with Gasteiger partial charge in [0.15, 0.2) is 0 Å². The SMILES string of the molecule is CCOc1cc(N2Cc3c(ncnc3C3CCN(S(C)(=O)=O)CC3)C[C@H]2CF)c2cc[nH]c2n1. The van der Waals surface area contributed by atoms with E-state index in [9.17, 15) is 12.8 Å². The number of aromatic nitrogens is 4. The first-order valence-electron chi connectivity index (χ1n) is 11.6. The summed E-state index contributed by atoms with van der Waals surface area (Å²) >= 11 is 0. The molecule has 3 aromatic rings. The lowest BCUT2D eigenvalue weighted by molar-refractivity contribution is 0.316. The summed E-state index contributed by atoms with van der Waals surface area (Å²) in [6.45, 7) is 3.31. The van der Waals surface area contributed by atoms with Gasteiger partial charge in [0.1, 0.15) is 18.6 Å². The highest BCUT2D eigenvalue weighted by Gasteiger charge is 2.34. The van der Waals surface area contributed by atoms with Gasteiger partial charge in [0.25, 0.3) is 0 Å². The number of piperidine rings is 1. The van der Waals surface area contributed by atoms with Crippen molar-refractivity contribution in [3.05, 3.63) is 41.6 Å². The zero-order valence-corrected chi connectivity index (χ0v) is 20.2. The van der Waals surface area contributed by atoms with Gasteiger partial charge in [0, 0.05) is 55.2 Å². The molecule has 3 aromatic heterocycles. The third kappa shape index (κ3) is 4.22. The second-order valence-corrected chi connectivity index (χ2v) is 10.9. The average molecular weight is 489 g/mol. The molecule has 0 bridgehead atoms. The van der Waals surface area contributed by atoms with Crippen LogP contribution in [0.5, 0.6) is 5.88 Å². The molecular formula is C23H29FN6O3S. The van der Waals surface area contributed by atoms with E-state index in [1.54, 1.807) is 6.33 Å². The van der Waals surface area contributed by atoms with Crippen LogP contribution in [0.4, 0.5) is 10.1 Å². The number of rotatable bonds is 6. The molecule has 5 rings (SSSR count). The van der Waals surface area contributed by atoms with Gasteiger partial charge in [-0.15, -0.1) is 0 Å². The van der Waals surface area contributed by atoms with Crippen LogP contribution in [0, 0.1) is 0 Å². The Kier molecular flexibility index (Phi) is 6.15. The third-order valence-corrected chi connectivity index (χ3v) is 8.14. The molecule has 0 spiro atoms. The summed E-state index contributed by atoms with van der Waals surface area (Å²) in [5.74, 6) is 0.635. The number of sulfonamides is 1. The van der Waals surface area contributed by atoms with E-state index < -0.39 is 16.7 Å². The van der Waals surface area contributed by atoms with Crippen LogP contribution in [0.3, 0.4) is 0 Å². The molecule has 182 valence electrons. The number of halogens is 1. The van der Waals surface area contributed by atoms with Crippen LogP contribution in [0.1, 0.15) is 42.6 Å². The van der Waals surface area contributed by atoms with E-state index in [1.807, 2.05) is 25.3 Å². The normalized spacial score (nSPS) is 20.0. The number of aromatic amines is 1. The van der Waals surface area contributed by atoms with E-state index in [0.717, 1.165) is 28.0 Å². The number of pyridine rings is 1. The maximum atomic E-state index is 14.3. The van der Waals surface area contributed by atoms with Crippen molar-refractivity contribution in [1.82, 2.24) is 24.2 Å². The highest BCUT2D eigenvalue weighted by Crippen LogP contribution is 2.38. The molecule has 1 N–H and O–H groups in total. The Labute approximate surface area is 198 Å². The molecule has 0 aromatic carbocycles. The molecule has 0 saturated carbocycles. The van der Waals surface area contributed by atoms with Crippen molar-refractivity contribution in [2.45, 2.75) is 44.7 Å². The average Bonchev–Trinajstić information content (AvgIpc) is 3.31. The number of hydrogen-bond donors (Lipinski definition) is 1. The van der Waals surface area contributed by atoms with E-state index in [4.69, 9.17) is 4.74 Å². The first-order valence-corrected chi connectivity index (χ1v) is 13.4. The summed E-state index contributed by atoms with van der Waals surface area (Å²) in [4.78, 5) is 18.9. The lowest BCUT2D eigenvalue weighted by Crippen LogP contribution is -2.43. The Morgan fingerprint density at radius 1 is 1.26 bits per heavy atom. The molecule has 0 aliphatic carbocycles. The molecule has 34 heavy (non-hydrogen) atoms. The highest BCUT2D eigenvalue weighted by molar-refractivity contribution is 7.88. The molecule has 1 fully saturated rings. The Bertz CT molecular complexity index is 1290. The molecule has 0 radical (unpaired) electrons. The zero-order chi connectivity index (χ0) is 23.9. The molecule has 2 aliphatic heterocycles. The summed E-state index contributed by atoms with van der Waals surface area (Å²) in [5.41, 5.74) is 4.40. The molecule has 0 amide bonds. The van der Waals surface area contributed by atoms with Crippen LogP contribution in [0.2, 0.25) is 0 Å². The number of ether oxygens (including phenoxy) is 1. The van der Waals surface area contributed by atoms with Gasteiger partial charge in [-0.2, -0.15) is 4.98 Å². The Morgan fingerprint density at radius 3 is 2.76 bits per heavy atom. The number of H-pyrrole nitrogens is 1. The minimum atomic E-state index is -3.20. The summed E-state index contributed by atoms with van der Waals surface area (Å²) in [5, 5.41) is 0.908. The maximum Gasteiger partial charge on any atom is 0.217 e. The number of anilines is 1. The number of hydrogen-bond acceptors (Lipinski definition) is 7. The van der Waals surface area contributed by atoms with Crippen molar-refractivity contribution in [2.24, 2.45) is 0 Å². The maximum absolute atomic E-state index is 14.3. The Hall–Kier alpha value is -2.79. The van der Waals surface area contributed by atoms with Crippen molar-refractivity contribution in [1.29, 1.82) is 0 Å². The Morgan fingerprint density at radius 2 is 2.06 bits per heavy atom. The van der Waals surface area contributed by atoms with Crippen LogP contribution in [-0.4, -0.2) is 71.3 Å². The second-order valence-electron chi connectivity index (χ2n) is 8.91. The predicted octanol–water partition coefficient (Wildman–Crippen LogP) is 2.79. The van der Waals surface area contributed by atoms with Crippen molar-refractivity contribution in [3.63, 3.8) is 0 Å². The monoisotopic (exact) mass is 488 g/mol. The van der Waals surface area contributed by atoms with Crippen LogP contribution >= 0.6 is 0 Å². The fraction of sp³-hybridized carbons (Fsp3) is 0.522. The molecule has 2 aliphatic rings. The Balaban J connectivity index is 1.51. The van der Waals surface area contributed by atoms with Gasteiger partial charge in [0.05, 0.1) is 36.0 Å². The number of nitrogens with one attached hydrogen (secondary N) is 1. The lowest BCUT2D eigenvalue weighted by atomic mass is 9.87. The van der Waals surface area contributed by atoms with Crippen LogP contribution < -0.4 is 9.64 Å². The summed E-state index contributed by atoms with van der Waals surface area (Å²) in [6.07, 6.45) is 6.52. The second kappa shape index (κ2) is 9.10. The van der Waals surface area contributed by atoms with Gasteiger partial charge in [-0.25, -0.2) is 27.1 Å². The molecule has 5 heterocycles. The highest BCUT2D eigenvalue weighted by atomic mass is 32.2. The minimum absolute atomic E-state index is 0.141. The van der Waals surface area contributed by atoms with Crippen molar-refractivity contribution in [3.8, 4) is 5.88 Å². The number of nitrogens with zero attached hydrogens (tertiary/aromatic N) is 5. The molecule has 1 saturated heterocycles. The molecule has 1 atom stereocenters. The van der Waals surface area contributed by atoms with Crippen LogP contribution in [0.15, 0.2) is 24.7 Å². The van der Waals surface area contributed by atoms with Crippen molar-refractivity contribution >= 4 is 26.7 Å². The van der Waals surface area contributed by atoms with Crippen LogP contribution in [-0.2, 0) is 23.0 Å². The van der Waals surface area contributed by atoms with Crippen molar-refractivity contribution in [2.75, 3.05) is 37.5 Å². The number of fused-ring (bicyclic) bond motifs is 2. The predicted molar refractivity (Wildman–Crippen MR) is 127 cm³/mol. The standard InChI is InChI=1S/C23H29FN6O3S/c1-3-33-21-11-20(17-4-7-25-23(17)28-21)30-13-18-19(10-16(30)12-24)26-14-27-22(18)15-5-8-29(9-6-15)34(2,31)32/h4,7,11,14-16H,3,5-6,8-10,12-13H2,1-2H3,(H,25,28)/t16-/m0/s1. The van der Waals surface area contributed by atoms with Gasteiger partial charge in [-0.1, -0.05) is 0 Å². The first-order chi connectivity index (χ1) is 16.4. The van der Waals surface area contributed by atoms with Gasteiger partial charge in [-0.05, 0) is 25.8 Å². The van der Waals surface area contributed by atoms with E-state index in [0.29, 0.717) is 57.0 Å². The smallest absolute Gasteiger partial charge is 0.217 e. The van der Waals surface area contributed by atoms with E-state index in [1.165, 1.54) is 10.6 Å². The van der Waals surface area contributed by atoms with Gasteiger partial charge >= 0.3 is 0 Å². The molecule has 0 unspecified atom stereocenters. The zero-order valence-electron chi connectivity index (χ0n) is 19.4. The topological polar surface area (TPSA) is 104 Å². The van der Waals surface area contributed by atoms with Crippen LogP contribution in [0.25, 0.3) is 11.0 Å². The first kappa shape index (κ1) is 23.0. The van der Waals surface area contributed by atoms with Gasteiger partial charge < -0.3 is 14.6 Å². The van der Waals surface area contributed by atoms with E-state index in [2.05, 4.69) is 24.8 Å². The third-order valence-electron chi connectivity index (χ3n) is 6.84.